The Morgan fingerprint density at radius 2 is 2.33 bits per heavy atom. The first-order chi connectivity index (χ1) is 7.25. The molecule has 0 atom stereocenters. The summed E-state index contributed by atoms with van der Waals surface area (Å²) in [7, 11) is 0. The van der Waals surface area contributed by atoms with Gasteiger partial charge in [-0.1, -0.05) is 25.2 Å². The normalized spacial score (nSPS) is 10.9. The van der Waals surface area contributed by atoms with Gasteiger partial charge >= 0.3 is 0 Å². The maximum Gasteiger partial charge on any atom is 0.206 e. The molecule has 0 aromatic carbocycles. The molecular weight excluding hydrogens is 210 g/mol. The van der Waals surface area contributed by atoms with Gasteiger partial charge in [-0.25, -0.2) is 4.98 Å². The van der Waals surface area contributed by atoms with Crippen LogP contribution in [0.3, 0.4) is 0 Å². The van der Waals surface area contributed by atoms with Crippen LogP contribution in [0.4, 0.5) is 5.13 Å². The molecular formula is C9H13N5S. The molecule has 0 unspecified atom stereocenters. The van der Waals surface area contributed by atoms with E-state index in [4.69, 9.17) is 0 Å². The third kappa shape index (κ3) is 2.53. The minimum Gasteiger partial charge on any atom is -0.353 e. The molecule has 6 heteroatoms. The lowest BCUT2D eigenvalue weighted by Gasteiger charge is -1.97. The van der Waals surface area contributed by atoms with Gasteiger partial charge in [-0.3, -0.25) is 0 Å². The molecule has 2 heterocycles. The Balaban J connectivity index is 1.94. The van der Waals surface area contributed by atoms with Crippen molar-refractivity contribution >= 4 is 16.5 Å². The third-order valence-corrected chi connectivity index (χ3v) is 3.08. The highest BCUT2D eigenvalue weighted by Crippen LogP contribution is 2.22. The zero-order valence-electron chi connectivity index (χ0n) is 8.69. The second kappa shape index (κ2) is 4.39. The van der Waals surface area contributed by atoms with Crippen molar-refractivity contribution in [1.29, 1.82) is 0 Å². The van der Waals surface area contributed by atoms with Gasteiger partial charge in [0, 0.05) is 18.3 Å². The largest absolute Gasteiger partial charge is 0.353 e. The number of aromatic amines is 1. The van der Waals surface area contributed by atoms with Crippen LogP contribution >= 0.6 is 11.3 Å². The average molecular weight is 223 g/mol. The summed E-state index contributed by atoms with van der Waals surface area (Å²) < 4.78 is 0. The molecule has 0 saturated carbocycles. The summed E-state index contributed by atoms with van der Waals surface area (Å²) in [6.07, 6.45) is 3.54. The number of H-pyrrole nitrogens is 1. The molecule has 2 N–H and O–H groups in total. The predicted octanol–water partition coefficient (Wildman–Crippen LogP) is 2.00. The van der Waals surface area contributed by atoms with Crippen molar-refractivity contribution in [2.45, 2.75) is 26.3 Å². The maximum absolute atomic E-state index is 4.11. The molecule has 15 heavy (non-hydrogen) atoms. The van der Waals surface area contributed by atoms with E-state index in [0.717, 1.165) is 16.0 Å². The quantitative estimate of drug-likeness (QED) is 0.832. The van der Waals surface area contributed by atoms with E-state index in [-0.39, 0.29) is 0 Å². The molecule has 0 aliphatic rings. The van der Waals surface area contributed by atoms with Crippen molar-refractivity contribution in [2.24, 2.45) is 0 Å². The van der Waals surface area contributed by atoms with Crippen LogP contribution < -0.4 is 5.32 Å². The lowest BCUT2D eigenvalue weighted by atomic mass is 10.2. The molecule has 0 aliphatic heterocycles. The summed E-state index contributed by atoms with van der Waals surface area (Å²) >= 11 is 1.59. The standard InChI is InChI=1S/C9H13N5S/c1-6(2)8-13-14-9(15-8)12-5-7-10-3-4-11-7/h3-4,6H,5H2,1-2H3,(H,10,11)(H,12,14). The first kappa shape index (κ1) is 10.1. The highest BCUT2D eigenvalue weighted by Gasteiger charge is 2.07. The van der Waals surface area contributed by atoms with Gasteiger partial charge in [-0.15, -0.1) is 10.2 Å². The number of aromatic nitrogens is 4. The highest BCUT2D eigenvalue weighted by atomic mass is 32.1. The number of imidazole rings is 1. The Kier molecular flexibility index (Phi) is 2.96. The number of rotatable bonds is 4. The van der Waals surface area contributed by atoms with E-state index < -0.39 is 0 Å². The summed E-state index contributed by atoms with van der Waals surface area (Å²) in [4.78, 5) is 7.13. The maximum atomic E-state index is 4.11. The van der Waals surface area contributed by atoms with Crippen LogP contribution in [0.15, 0.2) is 12.4 Å². The summed E-state index contributed by atoms with van der Waals surface area (Å²) in [6, 6.07) is 0. The number of hydrogen-bond donors (Lipinski definition) is 2. The summed E-state index contributed by atoms with van der Waals surface area (Å²) in [5.74, 6) is 1.33. The van der Waals surface area contributed by atoms with Gasteiger partial charge in [0.15, 0.2) is 0 Å². The van der Waals surface area contributed by atoms with Crippen molar-refractivity contribution in [3.05, 3.63) is 23.2 Å². The second-order valence-electron chi connectivity index (χ2n) is 3.49. The second-order valence-corrected chi connectivity index (χ2v) is 4.50. The Labute approximate surface area is 92.0 Å². The van der Waals surface area contributed by atoms with Gasteiger partial charge in [0.2, 0.25) is 5.13 Å². The van der Waals surface area contributed by atoms with Gasteiger partial charge in [0.1, 0.15) is 10.8 Å². The molecule has 0 radical (unpaired) electrons. The predicted molar refractivity (Wildman–Crippen MR) is 59.9 cm³/mol. The van der Waals surface area contributed by atoms with Crippen molar-refractivity contribution in [1.82, 2.24) is 20.2 Å². The molecule has 0 amide bonds. The topological polar surface area (TPSA) is 66.5 Å². The summed E-state index contributed by atoms with van der Waals surface area (Å²) in [5.41, 5.74) is 0. The molecule has 0 bridgehead atoms. The van der Waals surface area contributed by atoms with Crippen LogP contribution in [0.1, 0.15) is 30.6 Å². The van der Waals surface area contributed by atoms with E-state index in [2.05, 4.69) is 39.3 Å². The fourth-order valence-electron chi connectivity index (χ4n) is 1.09. The van der Waals surface area contributed by atoms with Crippen molar-refractivity contribution in [3.63, 3.8) is 0 Å². The fraction of sp³-hybridized carbons (Fsp3) is 0.444. The Morgan fingerprint density at radius 3 is 2.93 bits per heavy atom. The number of anilines is 1. The van der Waals surface area contributed by atoms with Crippen LogP contribution in [0.5, 0.6) is 0 Å². The van der Waals surface area contributed by atoms with Crippen LogP contribution in [-0.2, 0) is 6.54 Å². The lowest BCUT2D eigenvalue weighted by molar-refractivity contribution is 0.824. The molecule has 0 fully saturated rings. The smallest absolute Gasteiger partial charge is 0.206 e. The Hall–Kier alpha value is -1.43. The van der Waals surface area contributed by atoms with Crippen LogP contribution in [0.25, 0.3) is 0 Å². The number of nitrogens with zero attached hydrogens (tertiary/aromatic N) is 3. The van der Waals surface area contributed by atoms with E-state index in [1.165, 1.54) is 0 Å². The van der Waals surface area contributed by atoms with Crippen LogP contribution in [-0.4, -0.2) is 20.2 Å². The van der Waals surface area contributed by atoms with E-state index in [1.807, 2.05) is 0 Å². The Morgan fingerprint density at radius 1 is 1.47 bits per heavy atom. The number of hydrogen-bond acceptors (Lipinski definition) is 5. The SMILES string of the molecule is CC(C)c1nnc(NCc2ncc[nH]2)s1. The molecule has 2 aromatic rings. The fourth-order valence-corrected chi connectivity index (χ4v) is 1.83. The van der Waals surface area contributed by atoms with Crippen molar-refractivity contribution < 1.29 is 0 Å². The lowest BCUT2D eigenvalue weighted by Crippen LogP contribution is -2.00. The van der Waals surface area contributed by atoms with E-state index in [9.17, 15) is 0 Å². The van der Waals surface area contributed by atoms with E-state index >= 15 is 0 Å². The molecule has 2 rings (SSSR count). The van der Waals surface area contributed by atoms with Gasteiger partial charge in [0.05, 0.1) is 6.54 Å². The minimum atomic E-state index is 0.432. The van der Waals surface area contributed by atoms with Gasteiger partial charge in [0.25, 0.3) is 0 Å². The van der Waals surface area contributed by atoms with Gasteiger partial charge in [-0.05, 0) is 0 Å². The van der Waals surface area contributed by atoms with E-state index in [0.29, 0.717) is 12.5 Å². The number of nitrogens with one attached hydrogen (secondary N) is 2. The first-order valence-corrected chi connectivity index (χ1v) is 5.63. The molecule has 0 aliphatic carbocycles. The summed E-state index contributed by atoms with van der Waals surface area (Å²) in [5, 5.41) is 13.2. The zero-order valence-corrected chi connectivity index (χ0v) is 9.51. The Bertz CT molecular complexity index is 406. The van der Waals surface area contributed by atoms with Gasteiger partial charge in [-0.2, -0.15) is 0 Å². The molecule has 2 aromatic heterocycles. The molecule has 0 spiro atoms. The molecule has 5 nitrogen and oxygen atoms in total. The average Bonchev–Trinajstić information content (AvgIpc) is 2.86. The molecule has 0 saturated heterocycles. The van der Waals surface area contributed by atoms with E-state index in [1.54, 1.807) is 23.7 Å². The monoisotopic (exact) mass is 223 g/mol. The summed E-state index contributed by atoms with van der Waals surface area (Å²) in [6.45, 7) is 4.87. The van der Waals surface area contributed by atoms with Crippen LogP contribution in [0.2, 0.25) is 0 Å². The third-order valence-electron chi connectivity index (χ3n) is 1.90. The van der Waals surface area contributed by atoms with Gasteiger partial charge < -0.3 is 10.3 Å². The van der Waals surface area contributed by atoms with Crippen molar-refractivity contribution in [2.75, 3.05) is 5.32 Å². The minimum absolute atomic E-state index is 0.432. The highest BCUT2D eigenvalue weighted by molar-refractivity contribution is 7.15. The first-order valence-electron chi connectivity index (χ1n) is 4.81. The van der Waals surface area contributed by atoms with Crippen molar-refractivity contribution in [3.8, 4) is 0 Å². The van der Waals surface area contributed by atoms with Crippen LogP contribution in [0, 0.1) is 0 Å². The molecule has 80 valence electrons. The zero-order chi connectivity index (χ0) is 10.7.